The van der Waals surface area contributed by atoms with Gasteiger partial charge in [0.15, 0.2) is 5.82 Å². The summed E-state index contributed by atoms with van der Waals surface area (Å²) in [6, 6.07) is 7.42. The minimum atomic E-state index is -1.23. The zero-order valence-corrected chi connectivity index (χ0v) is 36.4. The number of carboxylic acid groups (broad SMARTS) is 2. The van der Waals surface area contributed by atoms with Crippen molar-refractivity contribution in [3.8, 4) is 0 Å². The van der Waals surface area contributed by atoms with E-state index in [0.717, 1.165) is 74.1 Å². The summed E-state index contributed by atoms with van der Waals surface area (Å²) >= 11 is 0.873. The fraction of sp³-hybridized carbons (Fsp3) is 0.561. The van der Waals surface area contributed by atoms with Gasteiger partial charge in [0, 0.05) is 57.8 Å². The van der Waals surface area contributed by atoms with Gasteiger partial charge in [-0.15, -0.1) is 16.9 Å². The number of amides is 2. The molecule has 0 radical (unpaired) electrons. The van der Waals surface area contributed by atoms with Crippen LogP contribution in [0.3, 0.4) is 0 Å². The second kappa shape index (κ2) is 24.3. The molecule has 4 heterocycles. The smallest absolute Gasteiger partial charge is 0.321 e. The summed E-state index contributed by atoms with van der Waals surface area (Å²) in [4.78, 5) is 60.9. The Morgan fingerprint density at radius 3 is 2.48 bits per heavy atom. The summed E-state index contributed by atoms with van der Waals surface area (Å²) < 4.78 is 15.0. The van der Waals surface area contributed by atoms with Crippen LogP contribution < -0.4 is 22.1 Å². The lowest BCUT2D eigenvalue weighted by Crippen LogP contribution is -2.48. The molecule has 338 valence electrons. The number of benzene rings is 1. The van der Waals surface area contributed by atoms with E-state index in [2.05, 4.69) is 72.4 Å². The third-order valence-electron chi connectivity index (χ3n) is 10.4. The molecule has 1 aromatic carbocycles. The van der Waals surface area contributed by atoms with Crippen molar-refractivity contribution in [1.82, 2.24) is 44.6 Å². The summed E-state index contributed by atoms with van der Waals surface area (Å²) in [5, 5.41) is 31.2. The average Bonchev–Trinajstić information content (AvgIpc) is 3.88. The predicted octanol–water partition coefficient (Wildman–Crippen LogP) is 1.94. The zero-order chi connectivity index (χ0) is 44.4. The van der Waals surface area contributed by atoms with Gasteiger partial charge in [0.25, 0.3) is 0 Å². The lowest BCUT2D eigenvalue weighted by Gasteiger charge is -2.35. The highest BCUT2D eigenvalue weighted by Gasteiger charge is 2.25. The van der Waals surface area contributed by atoms with E-state index in [1.807, 2.05) is 17.2 Å². The van der Waals surface area contributed by atoms with Crippen molar-refractivity contribution in [2.45, 2.75) is 83.4 Å². The Hall–Kier alpha value is -5.35. The van der Waals surface area contributed by atoms with Crippen LogP contribution in [0.4, 0.5) is 11.8 Å². The highest BCUT2D eigenvalue weighted by Crippen LogP contribution is 2.25. The minimum absolute atomic E-state index is 0.0132. The summed E-state index contributed by atoms with van der Waals surface area (Å²) in [5.41, 5.74) is 17.4. The normalized spacial score (nSPS) is 14.2. The Morgan fingerprint density at radius 2 is 1.76 bits per heavy atom. The highest BCUT2D eigenvalue weighted by molar-refractivity contribution is 8.00. The van der Waals surface area contributed by atoms with Gasteiger partial charge in [0.1, 0.15) is 17.3 Å². The van der Waals surface area contributed by atoms with E-state index in [0.29, 0.717) is 64.7 Å². The Labute approximate surface area is 365 Å². The third kappa shape index (κ3) is 14.9. The van der Waals surface area contributed by atoms with Crippen molar-refractivity contribution >= 4 is 58.3 Å². The number of hydrogen-bond acceptors (Lipinski definition) is 15. The lowest BCUT2D eigenvalue weighted by molar-refractivity contribution is -0.138. The zero-order valence-electron chi connectivity index (χ0n) is 35.5. The number of ether oxygens (including phenoxy) is 2. The first-order valence-electron chi connectivity index (χ1n) is 21.0. The van der Waals surface area contributed by atoms with Gasteiger partial charge in [-0.1, -0.05) is 43.2 Å². The van der Waals surface area contributed by atoms with Crippen LogP contribution in [0.15, 0.2) is 36.7 Å². The van der Waals surface area contributed by atoms with Crippen molar-refractivity contribution in [3.05, 3.63) is 59.0 Å². The SMILES string of the molecule is CCCCCNc1nc(N)nc2ccn(Cc3ccc(CN4CCN(C(=O)CCOCCOCCn5cc(CNC(=O)C(CC(=O)O)SC[C@H](N)C(=O)O)nn5)CC4)cc3C)c12. The van der Waals surface area contributed by atoms with Gasteiger partial charge in [-0.05, 0) is 36.1 Å². The number of carbonyl (C=O) groups excluding carboxylic acids is 2. The second-order valence-corrected chi connectivity index (χ2v) is 16.4. The maximum atomic E-state index is 12.9. The van der Waals surface area contributed by atoms with Gasteiger partial charge < -0.3 is 51.3 Å². The summed E-state index contributed by atoms with van der Waals surface area (Å²) in [6.45, 7) is 11.4. The molecule has 1 aliphatic rings. The average molecular weight is 881 g/mol. The molecule has 1 saturated heterocycles. The summed E-state index contributed by atoms with van der Waals surface area (Å²) in [6.07, 6.45) is 6.87. The number of unbranched alkanes of at least 4 members (excludes halogenated alkanes) is 2. The molecule has 1 aliphatic heterocycles. The molecule has 0 aliphatic carbocycles. The topological polar surface area (TPSA) is 271 Å². The molecule has 0 bridgehead atoms. The van der Waals surface area contributed by atoms with Crippen LogP contribution in [0.5, 0.6) is 0 Å². The van der Waals surface area contributed by atoms with Gasteiger partial charge >= 0.3 is 11.9 Å². The second-order valence-electron chi connectivity index (χ2n) is 15.2. The van der Waals surface area contributed by atoms with Gasteiger partial charge in [0.05, 0.1) is 69.3 Å². The monoisotopic (exact) mass is 880 g/mol. The van der Waals surface area contributed by atoms with Crippen LogP contribution in [0, 0.1) is 6.92 Å². The molecule has 21 heteroatoms. The number of fused-ring (bicyclic) bond motifs is 1. The number of thioether (sulfide) groups is 1. The molecule has 8 N–H and O–H groups in total. The molecule has 20 nitrogen and oxygen atoms in total. The molecule has 2 atom stereocenters. The number of aromatic nitrogens is 6. The Balaban J connectivity index is 0.933. The Kier molecular flexibility index (Phi) is 18.7. The van der Waals surface area contributed by atoms with Gasteiger partial charge in [0.2, 0.25) is 17.8 Å². The van der Waals surface area contributed by atoms with E-state index in [1.54, 1.807) is 10.9 Å². The first-order valence-corrected chi connectivity index (χ1v) is 22.0. The van der Waals surface area contributed by atoms with Crippen LogP contribution in [0.25, 0.3) is 11.0 Å². The number of carbonyl (C=O) groups is 4. The number of aryl methyl sites for hydroxylation is 1. The molecule has 62 heavy (non-hydrogen) atoms. The molecule has 0 saturated carbocycles. The molecule has 1 fully saturated rings. The number of hydrogen-bond donors (Lipinski definition) is 6. The number of rotatable bonds is 27. The quantitative estimate of drug-likeness (QED) is 0.0467. The molecule has 1 unspecified atom stereocenters. The Morgan fingerprint density at radius 1 is 0.984 bits per heavy atom. The fourth-order valence-electron chi connectivity index (χ4n) is 6.89. The third-order valence-corrected chi connectivity index (χ3v) is 11.7. The number of aliphatic carboxylic acids is 2. The van der Waals surface area contributed by atoms with Gasteiger partial charge in [-0.25, -0.2) is 9.67 Å². The number of nitrogen functional groups attached to an aromatic ring is 1. The highest BCUT2D eigenvalue weighted by atomic mass is 32.2. The number of nitrogens with one attached hydrogen (secondary N) is 2. The first kappa shape index (κ1) is 47.7. The maximum Gasteiger partial charge on any atom is 0.321 e. The van der Waals surface area contributed by atoms with Gasteiger partial charge in [-0.3, -0.25) is 24.1 Å². The van der Waals surface area contributed by atoms with Crippen LogP contribution in [-0.4, -0.2) is 149 Å². The molecular formula is C41H60N12O8S. The number of anilines is 2. The molecule has 4 aromatic rings. The Bertz CT molecular complexity index is 2090. The largest absolute Gasteiger partial charge is 0.481 e. The van der Waals surface area contributed by atoms with E-state index in [4.69, 9.17) is 31.2 Å². The maximum absolute atomic E-state index is 12.9. The van der Waals surface area contributed by atoms with Crippen molar-refractivity contribution in [3.63, 3.8) is 0 Å². The van der Waals surface area contributed by atoms with E-state index < -0.39 is 35.6 Å². The van der Waals surface area contributed by atoms with Gasteiger partial charge in [-0.2, -0.15) is 4.98 Å². The van der Waals surface area contributed by atoms with Crippen molar-refractivity contribution in [2.75, 3.05) is 76.0 Å². The molecular weight excluding hydrogens is 821 g/mol. The van der Waals surface area contributed by atoms with Crippen molar-refractivity contribution < 1.29 is 38.9 Å². The van der Waals surface area contributed by atoms with E-state index >= 15 is 0 Å². The number of nitrogens with two attached hydrogens (primary N) is 2. The number of nitrogens with zero attached hydrogens (tertiary/aromatic N) is 8. The summed E-state index contributed by atoms with van der Waals surface area (Å²) in [5.74, 6) is -1.99. The molecule has 5 rings (SSSR count). The van der Waals surface area contributed by atoms with E-state index in [-0.39, 0.29) is 24.2 Å². The van der Waals surface area contributed by atoms with Crippen LogP contribution >= 0.6 is 11.8 Å². The predicted molar refractivity (Wildman–Crippen MR) is 234 cm³/mol. The lowest BCUT2D eigenvalue weighted by atomic mass is 10.0. The number of piperazine rings is 1. The molecule has 3 aromatic heterocycles. The molecule has 0 spiro atoms. The van der Waals surface area contributed by atoms with Crippen molar-refractivity contribution in [2.24, 2.45) is 5.73 Å². The van der Waals surface area contributed by atoms with Crippen LogP contribution in [0.1, 0.15) is 61.4 Å². The van der Waals surface area contributed by atoms with E-state index in [1.165, 1.54) is 16.7 Å². The first-order chi connectivity index (χ1) is 29.9. The molecule has 2 amide bonds. The summed E-state index contributed by atoms with van der Waals surface area (Å²) in [7, 11) is 0. The fourth-order valence-corrected chi connectivity index (χ4v) is 7.96. The van der Waals surface area contributed by atoms with E-state index in [9.17, 15) is 19.2 Å². The van der Waals surface area contributed by atoms with Crippen LogP contribution in [0.2, 0.25) is 0 Å². The number of carboxylic acids is 2. The standard InChI is InChI=1S/C41H60N12O8S/c1-3-4-5-10-44-38-37-33(46-41(43)47-38)8-11-52(37)25-30-7-6-29(21-28(30)2)24-50-12-14-51(15-13-50)35(54)9-17-60-19-20-61-18-16-53-26-31(48-49-53)23-45-39(57)34(22-36(55)56)62-27-32(42)40(58)59/h6-8,11,21,26,32,34H,3-5,9-10,12-20,22-25,27,42H2,1-2H3,(H,45,57)(H,55,56)(H,58,59)(H3,43,44,46,47)/t32-,34?/m0/s1. The minimum Gasteiger partial charge on any atom is -0.481 e. The van der Waals surface area contributed by atoms with Crippen molar-refractivity contribution in [1.29, 1.82) is 0 Å². The van der Waals surface area contributed by atoms with Crippen LogP contribution in [-0.2, 0) is 54.8 Å².